The minimum absolute atomic E-state index is 0.0581. The van der Waals surface area contributed by atoms with Crippen molar-refractivity contribution in [2.45, 2.75) is 32.7 Å². The monoisotopic (exact) mass is 398 g/mol. The van der Waals surface area contributed by atoms with Gasteiger partial charge >= 0.3 is 0 Å². The number of rotatable bonds is 10. The van der Waals surface area contributed by atoms with Crippen molar-refractivity contribution in [2.24, 2.45) is 0 Å². The first kappa shape index (κ1) is 20.1. The van der Waals surface area contributed by atoms with Crippen LogP contribution < -0.4 is 10.1 Å². The van der Waals surface area contributed by atoms with Gasteiger partial charge in [-0.1, -0.05) is 12.1 Å². The summed E-state index contributed by atoms with van der Waals surface area (Å²) in [6.45, 7) is 4.44. The predicted molar refractivity (Wildman–Crippen MR) is 111 cm³/mol. The number of benzene rings is 1. The molecule has 3 aromatic rings. The van der Waals surface area contributed by atoms with E-state index in [1.807, 2.05) is 19.1 Å². The summed E-state index contributed by atoms with van der Waals surface area (Å²) in [7, 11) is 2.11. The Kier molecular flexibility index (Phi) is 7.22. The minimum Gasteiger partial charge on any atom is -0.489 e. The molecule has 0 fully saturated rings. The van der Waals surface area contributed by atoms with Crippen LogP contribution in [0.15, 0.2) is 59.8 Å². The lowest BCUT2D eigenvalue weighted by Gasteiger charge is -2.18. The van der Waals surface area contributed by atoms with Crippen molar-refractivity contribution in [3.63, 3.8) is 0 Å². The van der Waals surface area contributed by atoms with Crippen molar-refractivity contribution in [1.29, 1.82) is 0 Å². The molecule has 6 nitrogen and oxygen atoms in total. The number of thiophene rings is 1. The highest BCUT2D eigenvalue weighted by molar-refractivity contribution is 7.07. The SMILES string of the molecule is CC(CNC(=O)Cn1ccnc1)Oc1cccc(CN(C)Cc2ccsc2)c1. The molecule has 28 heavy (non-hydrogen) atoms. The van der Waals surface area contributed by atoms with Crippen molar-refractivity contribution < 1.29 is 9.53 Å². The van der Waals surface area contributed by atoms with Crippen molar-refractivity contribution in [3.05, 3.63) is 70.9 Å². The number of amides is 1. The van der Waals surface area contributed by atoms with Crippen LogP contribution in [0.5, 0.6) is 5.75 Å². The highest BCUT2D eigenvalue weighted by Crippen LogP contribution is 2.17. The Morgan fingerprint density at radius 3 is 2.93 bits per heavy atom. The molecule has 0 spiro atoms. The lowest BCUT2D eigenvalue weighted by Crippen LogP contribution is -2.35. The minimum atomic E-state index is -0.120. The molecule has 1 aromatic carbocycles. The standard InChI is InChI=1S/C21H26N4O2S/c1-17(11-23-21(26)14-25-8-7-22-16-25)27-20-5-3-4-18(10-20)12-24(2)13-19-6-9-28-15-19/h3-10,15-17H,11-14H2,1-2H3,(H,23,26). The molecule has 0 bridgehead atoms. The third-order valence-electron chi connectivity index (χ3n) is 4.19. The number of hydrogen-bond donors (Lipinski definition) is 1. The van der Waals surface area contributed by atoms with Gasteiger partial charge in [-0.3, -0.25) is 9.69 Å². The number of nitrogens with zero attached hydrogens (tertiary/aromatic N) is 3. The molecule has 7 heteroatoms. The number of carbonyl (C=O) groups excluding carboxylic acids is 1. The summed E-state index contributed by atoms with van der Waals surface area (Å²) < 4.78 is 7.71. The molecule has 3 rings (SSSR count). The van der Waals surface area contributed by atoms with E-state index in [4.69, 9.17) is 4.74 Å². The predicted octanol–water partition coefficient (Wildman–Crippen LogP) is 3.16. The van der Waals surface area contributed by atoms with E-state index in [0.717, 1.165) is 18.8 Å². The van der Waals surface area contributed by atoms with Crippen molar-refractivity contribution in [2.75, 3.05) is 13.6 Å². The molecule has 1 amide bonds. The fraction of sp³-hybridized carbons (Fsp3) is 0.333. The summed E-state index contributed by atoms with van der Waals surface area (Å²) in [6.07, 6.45) is 4.93. The lowest BCUT2D eigenvalue weighted by atomic mass is 10.2. The maximum atomic E-state index is 12.0. The normalized spacial score (nSPS) is 12.1. The number of ether oxygens (including phenoxy) is 1. The van der Waals surface area contributed by atoms with E-state index in [1.54, 1.807) is 34.6 Å². The van der Waals surface area contributed by atoms with Gasteiger partial charge in [0.1, 0.15) is 18.4 Å². The third kappa shape index (κ3) is 6.51. The Bertz CT molecular complexity index is 849. The molecule has 148 valence electrons. The van der Waals surface area contributed by atoms with E-state index in [2.05, 4.69) is 51.2 Å². The van der Waals surface area contributed by atoms with E-state index in [-0.39, 0.29) is 18.6 Å². The number of hydrogen-bond acceptors (Lipinski definition) is 5. The maximum Gasteiger partial charge on any atom is 0.240 e. The van der Waals surface area contributed by atoms with Crippen LogP contribution in [0.25, 0.3) is 0 Å². The number of carbonyl (C=O) groups is 1. The van der Waals surface area contributed by atoms with Gasteiger partial charge in [-0.25, -0.2) is 4.98 Å². The van der Waals surface area contributed by atoms with Gasteiger partial charge in [0.15, 0.2) is 0 Å². The first-order chi connectivity index (χ1) is 13.6. The number of imidazole rings is 1. The summed E-state index contributed by atoms with van der Waals surface area (Å²) >= 11 is 1.72. The van der Waals surface area contributed by atoms with E-state index in [9.17, 15) is 4.79 Å². The lowest BCUT2D eigenvalue weighted by molar-refractivity contribution is -0.122. The first-order valence-electron chi connectivity index (χ1n) is 9.26. The third-order valence-corrected chi connectivity index (χ3v) is 4.92. The van der Waals surface area contributed by atoms with Crippen LogP contribution in [0.2, 0.25) is 0 Å². The summed E-state index contributed by atoms with van der Waals surface area (Å²) in [5, 5.41) is 7.18. The molecular formula is C21H26N4O2S. The van der Waals surface area contributed by atoms with Crippen LogP contribution >= 0.6 is 11.3 Å². The van der Waals surface area contributed by atoms with Gasteiger partial charge in [-0.2, -0.15) is 11.3 Å². The fourth-order valence-electron chi connectivity index (χ4n) is 2.91. The average molecular weight is 399 g/mol. The van der Waals surface area contributed by atoms with Gasteiger partial charge in [0.25, 0.3) is 0 Å². The summed E-state index contributed by atoms with van der Waals surface area (Å²) in [5.74, 6) is 0.759. The van der Waals surface area contributed by atoms with Crippen LogP contribution in [0.4, 0.5) is 0 Å². The quantitative estimate of drug-likeness (QED) is 0.570. The second-order valence-corrected chi connectivity index (χ2v) is 7.70. The molecular weight excluding hydrogens is 372 g/mol. The summed E-state index contributed by atoms with van der Waals surface area (Å²) in [4.78, 5) is 18.2. The molecule has 0 aliphatic carbocycles. The summed E-state index contributed by atoms with van der Waals surface area (Å²) in [6, 6.07) is 10.3. The summed E-state index contributed by atoms with van der Waals surface area (Å²) in [5.41, 5.74) is 2.53. The Hall–Kier alpha value is -2.64. The Labute approximate surface area is 169 Å². The highest BCUT2D eigenvalue weighted by Gasteiger charge is 2.09. The Morgan fingerprint density at radius 1 is 1.32 bits per heavy atom. The molecule has 0 aliphatic heterocycles. The van der Waals surface area contributed by atoms with Gasteiger partial charge in [-0.15, -0.1) is 0 Å². The molecule has 0 saturated carbocycles. The zero-order chi connectivity index (χ0) is 19.8. The molecule has 0 radical (unpaired) electrons. The number of nitrogens with one attached hydrogen (secondary N) is 1. The van der Waals surface area contributed by atoms with Crippen molar-refractivity contribution >= 4 is 17.2 Å². The fourth-order valence-corrected chi connectivity index (χ4v) is 3.57. The second-order valence-electron chi connectivity index (χ2n) is 6.92. The van der Waals surface area contributed by atoms with Gasteiger partial charge < -0.3 is 14.6 Å². The van der Waals surface area contributed by atoms with Crippen molar-refractivity contribution in [1.82, 2.24) is 19.8 Å². The molecule has 2 heterocycles. The van der Waals surface area contributed by atoms with Crippen LogP contribution in [0.1, 0.15) is 18.1 Å². The van der Waals surface area contributed by atoms with Gasteiger partial charge in [0.2, 0.25) is 5.91 Å². The van der Waals surface area contributed by atoms with E-state index >= 15 is 0 Å². The Morgan fingerprint density at radius 2 is 2.18 bits per heavy atom. The largest absolute Gasteiger partial charge is 0.489 e. The van der Waals surface area contributed by atoms with Gasteiger partial charge in [0, 0.05) is 25.5 Å². The van der Waals surface area contributed by atoms with E-state index in [1.165, 1.54) is 11.1 Å². The van der Waals surface area contributed by atoms with E-state index < -0.39 is 0 Å². The van der Waals surface area contributed by atoms with E-state index in [0.29, 0.717) is 6.54 Å². The van der Waals surface area contributed by atoms with Gasteiger partial charge in [-0.05, 0) is 54.1 Å². The van der Waals surface area contributed by atoms with Gasteiger partial charge in [0.05, 0.1) is 12.9 Å². The molecule has 0 aliphatic rings. The topological polar surface area (TPSA) is 59.4 Å². The van der Waals surface area contributed by atoms with Crippen LogP contribution in [-0.2, 0) is 24.4 Å². The maximum absolute atomic E-state index is 12.0. The van der Waals surface area contributed by atoms with Crippen molar-refractivity contribution in [3.8, 4) is 5.75 Å². The molecule has 1 atom stereocenters. The second kappa shape index (κ2) is 10.1. The average Bonchev–Trinajstić information content (AvgIpc) is 3.34. The highest BCUT2D eigenvalue weighted by atomic mass is 32.1. The zero-order valence-electron chi connectivity index (χ0n) is 16.2. The number of aromatic nitrogens is 2. The smallest absolute Gasteiger partial charge is 0.240 e. The van der Waals surface area contributed by atoms with Crippen LogP contribution in [0.3, 0.4) is 0 Å². The first-order valence-corrected chi connectivity index (χ1v) is 10.2. The Balaban J connectivity index is 1.44. The van der Waals surface area contributed by atoms with Crippen LogP contribution in [-0.4, -0.2) is 40.1 Å². The molecule has 0 saturated heterocycles. The molecule has 1 unspecified atom stereocenters. The zero-order valence-corrected chi connectivity index (χ0v) is 17.1. The molecule has 2 aromatic heterocycles. The van der Waals surface area contributed by atoms with Crippen LogP contribution in [0, 0.1) is 0 Å². The molecule has 1 N–H and O–H groups in total.